The Morgan fingerprint density at radius 2 is 1.46 bits per heavy atom. The first-order valence-electron chi connectivity index (χ1n) is 8.86. The smallest absolute Gasteiger partial charge is 0.328 e. The second kappa shape index (κ2) is 10.1. The van der Waals surface area contributed by atoms with Gasteiger partial charge in [-0.1, -0.05) is 42.5 Å². The van der Waals surface area contributed by atoms with E-state index in [9.17, 15) is 19.5 Å². The van der Waals surface area contributed by atoms with Crippen molar-refractivity contribution in [2.24, 2.45) is 0 Å². The molecule has 0 aliphatic rings. The minimum absolute atomic E-state index is 0.109. The summed E-state index contributed by atoms with van der Waals surface area (Å²) in [6.07, 6.45) is 0.482. The van der Waals surface area contributed by atoms with E-state index in [-0.39, 0.29) is 24.5 Å². The Labute approximate surface area is 163 Å². The Morgan fingerprint density at radius 1 is 0.893 bits per heavy atom. The topological polar surface area (TPSA) is 105 Å². The van der Waals surface area contributed by atoms with E-state index in [1.54, 1.807) is 12.1 Å². The van der Waals surface area contributed by atoms with Crippen LogP contribution in [0.4, 0.5) is 0 Å². The monoisotopic (exact) mass is 384 g/mol. The van der Waals surface area contributed by atoms with Crippen LogP contribution in [-0.2, 0) is 32.0 Å². The summed E-state index contributed by atoms with van der Waals surface area (Å²) in [5, 5.41) is 14.7. The number of esters is 1. The van der Waals surface area contributed by atoms with Crippen molar-refractivity contribution in [3.63, 3.8) is 0 Å². The number of hydrogen-bond acceptors (Lipinski definition) is 5. The number of ether oxygens (including phenoxy) is 1. The number of aromatic hydroxyl groups is 1. The second-order valence-electron chi connectivity index (χ2n) is 6.40. The zero-order chi connectivity index (χ0) is 20.5. The van der Waals surface area contributed by atoms with Gasteiger partial charge in [0.15, 0.2) is 0 Å². The van der Waals surface area contributed by atoms with Crippen LogP contribution in [0, 0.1) is 0 Å². The molecule has 0 aliphatic heterocycles. The van der Waals surface area contributed by atoms with Gasteiger partial charge in [-0.05, 0) is 23.3 Å². The highest BCUT2D eigenvalue weighted by Crippen LogP contribution is 2.12. The molecule has 7 heteroatoms. The van der Waals surface area contributed by atoms with E-state index in [1.165, 1.54) is 26.2 Å². The van der Waals surface area contributed by atoms with Crippen molar-refractivity contribution in [2.75, 3.05) is 7.11 Å². The Morgan fingerprint density at radius 3 is 2.04 bits per heavy atom. The number of rotatable bonds is 8. The summed E-state index contributed by atoms with van der Waals surface area (Å²) < 4.78 is 4.81. The SMILES string of the molecule is COC(=O)C(Cc1ccccc1)NC(=O)C(Cc1ccc(O)cc1)NC(C)=O. The fourth-order valence-corrected chi connectivity index (χ4v) is 2.78. The maximum absolute atomic E-state index is 12.8. The summed E-state index contributed by atoms with van der Waals surface area (Å²) in [5.41, 5.74) is 1.62. The molecule has 0 heterocycles. The summed E-state index contributed by atoms with van der Waals surface area (Å²) in [6, 6.07) is 13.8. The Bertz CT molecular complexity index is 805. The molecule has 0 saturated carbocycles. The second-order valence-corrected chi connectivity index (χ2v) is 6.40. The highest BCUT2D eigenvalue weighted by atomic mass is 16.5. The largest absolute Gasteiger partial charge is 0.508 e. The number of benzene rings is 2. The van der Waals surface area contributed by atoms with E-state index in [4.69, 9.17) is 4.74 Å². The molecule has 2 amide bonds. The van der Waals surface area contributed by atoms with Crippen LogP contribution in [0.3, 0.4) is 0 Å². The van der Waals surface area contributed by atoms with E-state index >= 15 is 0 Å². The van der Waals surface area contributed by atoms with E-state index in [0.29, 0.717) is 0 Å². The molecule has 2 aromatic carbocycles. The number of phenols is 1. The summed E-state index contributed by atoms with van der Waals surface area (Å²) in [6.45, 7) is 1.32. The standard InChI is InChI=1S/C21H24N2O5/c1-14(24)22-18(12-16-8-10-17(25)11-9-16)20(26)23-19(21(27)28-2)13-15-6-4-3-5-7-15/h3-11,18-19,25H,12-13H2,1-2H3,(H,22,24)(H,23,26). The summed E-state index contributed by atoms with van der Waals surface area (Å²) in [5.74, 6) is -1.31. The van der Waals surface area contributed by atoms with Crippen molar-refractivity contribution in [3.05, 3.63) is 65.7 Å². The molecular formula is C21H24N2O5. The normalized spacial score (nSPS) is 12.5. The molecule has 2 rings (SSSR count). The first-order valence-corrected chi connectivity index (χ1v) is 8.86. The predicted octanol–water partition coefficient (Wildman–Crippen LogP) is 1.34. The number of phenolic OH excluding ortho intramolecular Hbond substituents is 1. The maximum Gasteiger partial charge on any atom is 0.328 e. The highest BCUT2D eigenvalue weighted by Gasteiger charge is 2.27. The van der Waals surface area contributed by atoms with Crippen molar-refractivity contribution in [1.29, 1.82) is 0 Å². The van der Waals surface area contributed by atoms with Crippen molar-refractivity contribution in [3.8, 4) is 5.75 Å². The first kappa shape index (κ1) is 21.0. The number of carbonyl (C=O) groups excluding carboxylic acids is 3. The molecule has 28 heavy (non-hydrogen) atoms. The van der Waals surface area contributed by atoms with Crippen molar-refractivity contribution < 1.29 is 24.2 Å². The van der Waals surface area contributed by atoms with Crippen LogP contribution in [0.5, 0.6) is 5.75 Å². The molecule has 7 nitrogen and oxygen atoms in total. The maximum atomic E-state index is 12.8. The molecule has 148 valence electrons. The third kappa shape index (κ3) is 6.42. The predicted molar refractivity (Wildman–Crippen MR) is 104 cm³/mol. The van der Waals surface area contributed by atoms with Crippen molar-refractivity contribution >= 4 is 17.8 Å². The van der Waals surface area contributed by atoms with Crippen LogP contribution >= 0.6 is 0 Å². The Kier molecular flexibility index (Phi) is 7.56. The number of methoxy groups -OCH3 is 1. The molecule has 0 radical (unpaired) electrons. The first-order chi connectivity index (χ1) is 13.4. The van der Waals surface area contributed by atoms with Crippen molar-refractivity contribution in [2.45, 2.75) is 31.8 Å². The van der Waals surface area contributed by atoms with Gasteiger partial charge in [-0.3, -0.25) is 9.59 Å². The lowest BCUT2D eigenvalue weighted by atomic mass is 10.0. The molecule has 0 saturated heterocycles. The number of carbonyl (C=O) groups is 3. The molecule has 3 N–H and O–H groups in total. The Hall–Kier alpha value is -3.35. The average Bonchev–Trinajstić information content (AvgIpc) is 2.68. The van der Waals surface area contributed by atoms with Gasteiger partial charge in [0, 0.05) is 19.8 Å². The van der Waals surface area contributed by atoms with Crippen LogP contribution in [0.1, 0.15) is 18.1 Å². The molecule has 0 spiro atoms. The van der Waals surface area contributed by atoms with Gasteiger partial charge in [0.1, 0.15) is 17.8 Å². The van der Waals surface area contributed by atoms with E-state index in [0.717, 1.165) is 11.1 Å². The Balaban J connectivity index is 2.14. The molecule has 0 fully saturated rings. The summed E-state index contributed by atoms with van der Waals surface area (Å²) in [7, 11) is 1.26. The zero-order valence-corrected chi connectivity index (χ0v) is 15.8. The van der Waals surface area contributed by atoms with Gasteiger partial charge in [0.25, 0.3) is 0 Å². The fourth-order valence-electron chi connectivity index (χ4n) is 2.78. The van der Waals surface area contributed by atoms with Gasteiger partial charge >= 0.3 is 5.97 Å². The third-order valence-corrected chi connectivity index (χ3v) is 4.15. The molecule has 0 bridgehead atoms. The molecule has 0 aliphatic carbocycles. The minimum Gasteiger partial charge on any atom is -0.508 e. The van der Waals surface area contributed by atoms with Gasteiger partial charge in [-0.25, -0.2) is 4.79 Å². The van der Waals surface area contributed by atoms with Gasteiger partial charge in [0.05, 0.1) is 7.11 Å². The van der Waals surface area contributed by atoms with Crippen LogP contribution in [0.2, 0.25) is 0 Å². The van der Waals surface area contributed by atoms with Crippen LogP contribution in [0.25, 0.3) is 0 Å². The minimum atomic E-state index is -0.879. The zero-order valence-electron chi connectivity index (χ0n) is 15.8. The molecular weight excluding hydrogens is 360 g/mol. The number of nitrogens with one attached hydrogen (secondary N) is 2. The van der Waals surface area contributed by atoms with Gasteiger partial charge < -0.3 is 20.5 Å². The molecule has 2 aromatic rings. The highest BCUT2D eigenvalue weighted by molar-refractivity contribution is 5.90. The molecule has 2 atom stereocenters. The van der Waals surface area contributed by atoms with E-state index < -0.39 is 24.0 Å². The van der Waals surface area contributed by atoms with Gasteiger partial charge in [-0.2, -0.15) is 0 Å². The van der Waals surface area contributed by atoms with E-state index in [2.05, 4.69) is 10.6 Å². The van der Waals surface area contributed by atoms with Crippen LogP contribution in [0.15, 0.2) is 54.6 Å². The summed E-state index contributed by atoms with van der Waals surface area (Å²) in [4.78, 5) is 36.5. The number of amides is 2. The van der Waals surface area contributed by atoms with Gasteiger partial charge in [0.2, 0.25) is 11.8 Å². The quantitative estimate of drug-likeness (QED) is 0.596. The lowest BCUT2D eigenvalue weighted by Crippen LogP contribution is -2.53. The number of hydrogen-bond donors (Lipinski definition) is 3. The lowest BCUT2D eigenvalue weighted by molar-refractivity contribution is -0.145. The molecule has 0 aromatic heterocycles. The fraction of sp³-hybridized carbons (Fsp3) is 0.286. The van der Waals surface area contributed by atoms with Crippen LogP contribution < -0.4 is 10.6 Å². The lowest BCUT2D eigenvalue weighted by Gasteiger charge is -2.22. The third-order valence-electron chi connectivity index (χ3n) is 4.15. The molecule has 2 unspecified atom stereocenters. The van der Waals surface area contributed by atoms with Crippen molar-refractivity contribution in [1.82, 2.24) is 10.6 Å². The van der Waals surface area contributed by atoms with Gasteiger partial charge in [-0.15, -0.1) is 0 Å². The van der Waals surface area contributed by atoms with E-state index in [1.807, 2.05) is 30.3 Å². The van der Waals surface area contributed by atoms with Crippen LogP contribution in [-0.4, -0.2) is 42.1 Å². The summed E-state index contributed by atoms with van der Waals surface area (Å²) >= 11 is 0. The average molecular weight is 384 g/mol.